The molecule has 0 saturated carbocycles. The molecule has 0 spiro atoms. The second-order valence-electron chi connectivity index (χ2n) is 2.43. The Morgan fingerprint density at radius 3 is 2.82 bits per heavy atom. The van der Waals surface area contributed by atoms with E-state index in [1.807, 2.05) is 6.07 Å². The molecule has 0 aromatic carbocycles. The summed E-state index contributed by atoms with van der Waals surface area (Å²) in [6.45, 7) is 3.89. The van der Waals surface area contributed by atoms with Gasteiger partial charge < -0.3 is 5.73 Å². The molecule has 0 aliphatic rings. The lowest BCUT2D eigenvalue weighted by atomic mass is 9.94. The van der Waals surface area contributed by atoms with Crippen LogP contribution in [0.4, 0.5) is 5.82 Å². The first-order chi connectivity index (χ1) is 5.24. The molecule has 0 atom stereocenters. The standard InChI is InChI=1S/C8H11BN2/c1-6(4-9)7-2-3-8(10)11-5-7/h2-3,5H,1,4,9H2,(H2,10,11). The van der Waals surface area contributed by atoms with Gasteiger partial charge >= 0.3 is 0 Å². The monoisotopic (exact) mass is 146 g/mol. The Kier molecular flexibility index (Phi) is 2.31. The van der Waals surface area contributed by atoms with E-state index >= 15 is 0 Å². The van der Waals surface area contributed by atoms with Crippen molar-refractivity contribution in [1.82, 2.24) is 4.98 Å². The molecular formula is C8H11BN2. The quantitative estimate of drug-likeness (QED) is 0.624. The molecule has 0 unspecified atom stereocenters. The summed E-state index contributed by atoms with van der Waals surface area (Å²) in [5, 5.41) is 0. The topological polar surface area (TPSA) is 38.9 Å². The number of hydrogen-bond donors (Lipinski definition) is 1. The molecule has 56 valence electrons. The van der Waals surface area contributed by atoms with Crippen molar-refractivity contribution in [3.8, 4) is 0 Å². The molecule has 3 heteroatoms. The van der Waals surface area contributed by atoms with Crippen molar-refractivity contribution in [2.24, 2.45) is 0 Å². The Bertz CT molecular complexity index is 253. The first-order valence-electron chi connectivity index (χ1n) is 3.63. The van der Waals surface area contributed by atoms with Crippen LogP contribution in [0.15, 0.2) is 24.9 Å². The highest BCUT2D eigenvalue weighted by atomic mass is 14.8. The normalized spacial score (nSPS) is 9.45. The zero-order chi connectivity index (χ0) is 8.27. The average molecular weight is 146 g/mol. The molecule has 0 bridgehead atoms. The van der Waals surface area contributed by atoms with E-state index in [1.165, 1.54) is 0 Å². The molecule has 0 aliphatic carbocycles. The van der Waals surface area contributed by atoms with Gasteiger partial charge in [0.25, 0.3) is 0 Å². The SMILES string of the molecule is BCC(=C)c1ccc(N)nc1. The van der Waals surface area contributed by atoms with Crippen molar-refractivity contribution in [3.05, 3.63) is 30.5 Å². The first-order valence-corrected chi connectivity index (χ1v) is 3.63. The van der Waals surface area contributed by atoms with Gasteiger partial charge in [0, 0.05) is 6.20 Å². The summed E-state index contributed by atoms with van der Waals surface area (Å²) in [6.07, 6.45) is 2.70. The lowest BCUT2D eigenvalue weighted by Crippen LogP contribution is -1.90. The van der Waals surface area contributed by atoms with Crippen molar-refractivity contribution in [1.29, 1.82) is 0 Å². The van der Waals surface area contributed by atoms with Gasteiger partial charge in [-0.15, -0.1) is 0 Å². The third kappa shape index (κ3) is 1.83. The number of anilines is 1. The fourth-order valence-electron chi connectivity index (χ4n) is 0.819. The lowest BCUT2D eigenvalue weighted by Gasteiger charge is -2.00. The van der Waals surface area contributed by atoms with Gasteiger partial charge in [-0.25, -0.2) is 4.98 Å². The maximum atomic E-state index is 5.43. The molecule has 0 amide bonds. The zero-order valence-corrected chi connectivity index (χ0v) is 6.67. The Balaban J connectivity index is 2.90. The van der Waals surface area contributed by atoms with Gasteiger partial charge in [0.05, 0.1) is 0 Å². The Morgan fingerprint density at radius 1 is 1.64 bits per heavy atom. The minimum absolute atomic E-state index is 0.553. The van der Waals surface area contributed by atoms with Crippen molar-refractivity contribution in [3.63, 3.8) is 0 Å². The number of nitrogens with two attached hydrogens (primary N) is 1. The maximum Gasteiger partial charge on any atom is 0.123 e. The molecule has 1 aromatic heterocycles. The fraction of sp³-hybridized carbons (Fsp3) is 0.125. The zero-order valence-electron chi connectivity index (χ0n) is 6.67. The van der Waals surface area contributed by atoms with Crippen LogP contribution in [-0.4, -0.2) is 12.8 Å². The van der Waals surface area contributed by atoms with Gasteiger partial charge in [-0.3, -0.25) is 0 Å². The van der Waals surface area contributed by atoms with Crippen LogP contribution in [-0.2, 0) is 0 Å². The number of pyridine rings is 1. The molecule has 0 radical (unpaired) electrons. The summed E-state index contributed by atoms with van der Waals surface area (Å²) in [5.41, 5.74) is 7.59. The predicted molar refractivity (Wildman–Crippen MR) is 51.0 cm³/mol. The van der Waals surface area contributed by atoms with Crippen molar-refractivity contribution >= 4 is 19.2 Å². The summed E-state index contributed by atoms with van der Waals surface area (Å²) in [6, 6.07) is 3.73. The minimum atomic E-state index is 0.553. The van der Waals surface area contributed by atoms with Crippen molar-refractivity contribution < 1.29 is 0 Å². The van der Waals surface area contributed by atoms with Gasteiger partial charge in [-0.2, -0.15) is 0 Å². The van der Waals surface area contributed by atoms with Crippen LogP contribution in [0.1, 0.15) is 5.56 Å². The first kappa shape index (κ1) is 7.86. The molecule has 1 heterocycles. The maximum absolute atomic E-state index is 5.43. The van der Waals surface area contributed by atoms with Crippen LogP contribution in [0, 0.1) is 0 Å². The molecule has 0 fully saturated rings. The van der Waals surface area contributed by atoms with E-state index in [2.05, 4.69) is 19.4 Å². The lowest BCUT2D eigenvalue weighted by molar-refractivity contribution is 1.31. The number of nitrogen functional groups attached to an aromatic ring is 1. The average Bonchev–Trinajstić information content (AvgIpc) is 2.05. The van der Waals surface area contributed by atoms with Crippen LogP contribution in [0.2, 0.25) is 6.32 Å². The molecule has 11 heavy (non-hydrogen) atoms. The predicted octanol–water partition coefficient (Wildman–Crippen LogP) is 0.728. The second kappa shape index (κ2) is 3.24. The Hall–Kier alpha value is -1.25. The van der Waals surface area contributed by atoms with Gasteiger partial charge in [-0.05, 0) is 17.7 Å². The number of nitrogens with zero attached hydrogens (tertiary/aromatic N) is 1. The molecular weight excluding hydrogens is 135 g/mol. The molecule has 1 aromatic rings. The van der Waals surface area contributed by atoms with Crippen LogP contribution >= 0.6 is 0 Å². The van der Waals surface area contributed by atoms with E-state index in [9.17, 15) is 0 Å². The fourth-order valence-corrected chi connectivity index (χ4v) is 0.819. The summed E-state index contributed by atoms with van der Waals surface area (Å²) < 4.78 is 0. The third-order valence-corrected chi connectivity index (χ3v) is 1.62. The molecule has 2 N–H and O–H groups in total. The smallest absolute Gasteiger partial charge is 0.123 e. The van der Waals surface area contributed by atoms with Gasteiger partial charge in [-0.1, -0.05) is 18.5 Å². The molecule has 2 nitrogen and oxygen atoms in total. The summed E-state index contributed by atoms with van der Waals surface area (Å²) in [4.78, 5) is 3.97. The van der Waals surface area contributed by atoms with Crippen LogP contribution in [0.3, 0.4) is 0 Å². The highest BCUT2D eigenvalue weighted by molar-refractivity contribution is 6.14. The van der Waals surface area contributed by atoms with E-state index < -0.39 is 0 Å². The Labute approximate surface area is 67.5 Å². The summed E-state index contributed by atoms with van der Waals surface area (Å²) in [5.74, 6) is 0.553. The molecule has 0 saturated heterocycles. The van der Waals surface area contributed by atoms with E-state index in [1.54, 1.807) is 12.3 Å². The second-order valence-corrected chi connectivity index (χ2v) is 2.43. The highest BCUT2D eigenvalue weighted by Crippen LogP contribution is 2.14. The molecule has 1 rings (SSSR count). The van der Waals surface area contributed by atoms with E-state index in [-0.39, 0.29) is 0 Å². The highest BCUT2D eigenvalue weighted by Gasteiger charge is 1.94. The van der Waals surface area contributed by atoms with Gasteiger partial charge in [0.15, 0.2) is 0 Å². The number of rotatable bonds is 2. The largest absolute Gasteiger partial charge is 0.384 e. The van der Waals surface area contributed by atoms with E-state index in [4.69, 9.17) is 5.73 Å². The van der Waals surface area contributed by atoms with Crippen LogP contribution in [0.25, 0.3) is 5.57 Å². The Morgan fingerprint density at radius 2 is 2.36 bits per heavy atom. The number of aromatic nitrogens is 1. The van der Waals surface area contributed by atoms with E-state index in [0.717, 1.165) is 17.5 Å². The number of allylic oxidation sites excluding steroid dienone is 1. The van der Waals surface area contributed by atoms with E-state index in [0.29, 0.717) is 5.82 Å². The van der Waals surface area contributed by atoms with Crippen molar-refractivity contribution in [2.75, 3.05) is 5.73 Å². The minimum Gasteiger partial charge on any atom is -0.384 e. The van der Waals surface area contributed by atoms with Crippen LogP contribution in [0.5, 0.6) is 0 Å². The van der Waals surface area contributed by atoms with Crippen LogP contribution < -0.4 is 5.73 Å². The number of hydrogen-bond acceptors (Lipinski definition) is 2. The molecule has 0 aliphatic heterocycles. The summed E-state index contributed by atoms with van der Waals surface area (Å²) in [7, 11) is 2.07. The summed E-state index contributed by atoms with van der Waals surface area (Å²) >= 11 is 0. The van der Waals surface area contributed by atoms with Crippen molar-refractivity contribution in [2.45, 2.75) is 6.32 Å². The third-order valence-electron chi connectivity index (χ3n) is 1.62. The van der Waals surface area contributed by atoms with Gasteiger partial charge in [0.2, 0.25) is 0 Å². The van der Waals surface area contributed by atoms with Gasteiger partial charge in [0.1, 0.15) is 13.7 Å².